The highest BCUT2D eigenvalue weighted by molar-refractivity contribution is 6.18. The van der Waals surface area contributed by atoms with Crippen LogP contribution >= 0.6 is 0 Å². The Labute approximate surface area is 157 Å². The van der Waals surface area contributed by atoms with Gasteiger partial charge in [-0.2, -0.15) is 5.26 Å². The molecule has 0 radical (unpaired) electrons. The van der Waals surface area contributed by atoms with Crippen molar-refractivity contribution in [1.29, 1.82) is 5.26 Å². The van der Waals surface area contributed by atoms with Crippen molar-refractivity contribution in [2.45, 2.75) is 33.2 Å². The molecular formula is C22H20N2O3. The number of carbonyl (C=O) groups excluding carboxylic acids is 1. The number of hydrogen-bond donors (Lipinski definition) is 1. The minimum atomic E-state index is -0.573. The van der Waals surface area contributed by atoms with Gasteiger partial charge in [-0.25, -0.2) is 0 Å². The van der Waals surface area contributed by atoms with Crippen molar-refractivity contribution in [3.8, 4) is 11.9 Å². The van der Waals surface area contributed by atoms with E-state index in [1.165, 1.54) is 6.92 Å². The van der Waals surface area contributed by atoms with Gasteiger partial charge in [-0.05, 0) is 36.6 Å². The number of carbonyl (C=O) groups is 1. The summed E-state index contributed by atoms with van der Waals surface area (Å²) in [6.07, 6.45) is 0.573. The smallest absolute Gasteiger partial charge is 0.271 e. The summed E-state index contributed by atoms with van der Waals surface area (Å²) in [5, 5.41) is 21.9. The number of nitrogens with zero attached hydrogens (tertiary/aromatic N) is 2. The maximum atomic E-state index is 13.4. The first-order chi connectivity index (χ1) is 12.9. The molecule has 0 aliphatic heterocycles. The third-order valence-electron chi connectivity index (χ3n) is 5.04. The van der Waals surface area contributed by atoms with Crippen LogP contribution in [0.4, 0.5) is 0 Å². The lowest BCUT2D eigenvalue weighted by Crippen LogP contribution is -2.28. The van der Waals surface area contributed by atoms with Gasteiger partial charge in [0.15, 0.2) is 5.78 Å². The third kappa shape index (κ3) is 2.89. The van der Waals surface area contributed by atoms with Gasteiger partial charge < -0.3 is 5.11 Å². The van der Waals surface area contributed by atoms with Gasteiger partial charge >= 0.3 is 0 Å². The van der Waals surface area contributed by atoms with Gasteiger partial charge in [0.05, 0.1) is 5.56 Å². The molecule has 2 aromatic carbocycles. The largest absolute Gasteiger partial charge is 0.494 e. The number of hydrogen-bond acceptors (Lipinski definition) is 4. The fourth-order valence-electron chi connectivity index (χ4n) is 3.34. The Hall–Kier alpha value is -3.39. The molecule has 5 heteroatoms. The monoisotopic (exact) mass is 360 g/mol. The van der Waals surface area contributed by atoms with Crippen molar-refractivity contribution in [3.63, 3.8) is 0 Å². The van der Waals surface area contributed by atoms with Gasteiger partial charge in [-0.3, -0.25) is 14.2 Å². The van der Waals surface area contributed by atoms with E-state index in [0.717, 1.165) is 15.3 Å². The highest BCUT2D eigenvalue weighted by Gasteiger charge is 2.27. The van der Waals surface area contributed by atoms with Crippen LogP contribution in [0.1, 0.15) is 53.4 Å². The number of nitriles is 1. The Morgan fingerprint density at radius 3 is 2.56 bits per heavy atom. The molecular weight excluding hydrogens is 340 g/mol. The maximum absolute atomic E-state index is 13.4. The number of aromatic nitrogens is 1. The molecule has 3 aromatic rings. The lowest BCUT2D eigenvalue weighted by molar-refractivity contribution is 0.103. The Balaban J connectivity index is 2.35. The van der Waals surface area contributed by atoms with Crippen LogP contribution < -0.4 is 5.56 Å². The average molecular weight is 360 g/mol. The van der Waals surface area contributed by atoms with Crippen LogP contribution in [0.15, 0.2) is 47.3 Å². The van der Waals surface area contributed by atoms with Crippen LogP contribution in [-0.4, -0.2) is 15.5 Å². The number of rotatable bonds is 4. The molecule has 0 fully saturated rings. The molecule has 0 saturated heterocycles. The summed E-state index contributed by atoms with van der Waals surface area (Å²) < 4.78 is 1.14. The van der Waals surface area contributed by atoms with Crippen LogP contribution in [0.2, 0.25) is 0 Å². The Kier molecular flexibility index (Phi) is 4.83. The van der Waals surface area contributed by atoms with Gasteiger partial charge in [-0.15, -0.1) is 0 Å². The first-order valence-electron chi connectivity index (χ1n) is 8.82. The van der Waals surface area contributed by atoms with E-state index in [9.17, 15) is 20.0 Å². The number of fused-ring (bicyclic) bond motifs is 1. The molecule has 0 bridgehead atoms. The summed E-state index contributed by atoms with van der Waals surface area (Å²) >= 11 is 0. The van der Waals surface area contributed by atoms with Crippen LogP contribution in [0.5, 0.6) is 5.88 Å². The molecule has 1 N–H and O–H groups in total. The molecule has 0 spiro atoms. The van der Waals surface area contributed by atoms with Crippen LogP contribution in [0.25, 0.3) is 10.8 Å². The normalized spacial score (nSPS) is 11.9. The fourth-order valence-corrected chi connectivity index (χ4v) is 3.34. The van der Waals surface area contributed by atoms with Gasteiger partial charge in [-0.1, -0.05) is 49.4 Å². The summed E-state index contributed by atoms with van der Waals surface area (Å²) in [4.78, 5) is 26.0. The molecule has 0 saturated carbocycles. The third-order valence-corrected chi connectivity index (χ3v) is 5.04. The predicted octanol–water partition coefficient (Wildman–Crippen LogP) is 4.09. The van der Waals surface area contributed by atoms with Gasteiger partial charge in [0, 0.05) is 11.6 Å². The zero-order valence-electron chi connectivity index (χ0n) is 15.5. The predicted molar refractivity (Wildman–Crippen MR) is 104 cm³/mol. The number of ketones is 1. The summed E-state index contributed by atoms with van der Waals surface area (Å²) in [7, 11) is 0. The van der Waals surface area contributed by atoms with Crippen molar-refractivity contribution in [2.24, 2.45) is 0 Å². The minimum absolute atomic E-state index is 0.00260. The van der Waals surface area contributed by atoms with Crippen LogP contribution in [-0.2, 0) is 0 Å². The van der Waals surface area contributed by atoms with Crippen molar-refractivity contribution >= 4 is 16.6 Å². The Bertz CT molecular complexity index is 1150. The zero-order valence-corrected chi connectivity index (χ0v) is 15.5. The first-order valence-corrected chi connectivity index (χ1v) is 8.82. The number of pyridine rings is 1. The number of benzene rings is 2. The van der Waals surface area contributed by atoms with Crippen LogP contribution in [0.3, 0.4) is 0 Å². The van der Waals surface area contributed by atoms with Crippen molar-refractivity contribution < 1.29 is 9.90 Å². The lowest BCUT2D eigenvalue weighted by atomic mass is 9.93. The molecule has 27 heavy (non-hydrogen) atoms. The molecule has 3 rings (SSSR count). The molecule has 1 unspecified atom stereocenters. The van der Waals surface area contributed by atoms with Crippen molar-refractivity contribution in [3.05, 3.63) is 75.1 Å². The maximum Gasteiger partial charge on any atom is 0.271 e. The van der Waals surface area contributed by atoms with E-state index < -0.39 is 11.3 Å². The number of aromatic hydroxyl groups is 1. The second kappa shape index (κ2) is 7.08. The highest BCUT2D eigenvalue weighted by atomic mass is 16.3. The molecule has 0 aliphatic carbocycles. The van der Waals surface area contributed by atoms with Crippen molar-refractivity contribution in [1.82, 2.24) is 4.57 Å². The summed E-state index contributed by atoms with van der Waals surface area (Å²) in [6, 6.07) is 14.4. The summed E-state index contributed by atoms with van der Waals surface area (Å²) in [5.74, 6) is -0.792. The second-order valence-electron chi connectivity index (χ2n) is 6.60. The van der Waals surface area contributed by atoms with E-state index in [2.05, 4.69) is 0 Å². The van der Waals surface area contributed by atoms with E-state index in [1.54, 1.807) is 19.1 Å². The van der Waals surface area contributed by atoms with Crippen molar-refractivity contribution in [2.75, 3.05) is 0 Å². The fraction of sp³-hybridized carbons (Fsp3) is 0.227. The highest BCUT2D eigenvalue weighted by Crippen LogP contribution is 2.30. The minimum Gasteiger partial charge on any atom is -0.494 e. The molecule has 1 atom stereocenters. The van der Waals surface area contributed by atoms with Gasteiger partial charge in [0.2, 0.25) is 5.88 Å². The molecule has 136 valence electrons. The van der Waals surface area contributed by atoms with E-state index in [4.69, 9.17) is 0 Å². The quantitative estimate of drug-likeness (QED) is 0.710. The standard InChI is InChI=1S/C22H20N2O3/c1-4-13(2)24-21(26)18(12-23)14(3)19(22(24)27)20(25)17-11-7-9-15-8-5-6-10-16(15)17/h5-11,13,27H,4H2,1-3H3. The average Bonchev–Trinajstić information content (AvgIpc) is 2.67. The molecule has 0 amide bonds. The van der Waals surface area contributed by atoms with E-state index in [-0.39, 0.29) is 28.6 Å². The molecule has 5 nitrogen and oxygen atoms in total. The Morgan fingerprint density at radius 2 is 1.89 bits per heavy atom. The lowest BCUT2D eigenvalue weighted by Gasteiger charge is -2.20. The molecule has 0 aliphatic rings. The topological polar surface area (TPSA) is 83.1 Å². The van der Waals surface area contributed by atoms with Crippen LogP contribution in [0, 0.1) is 18.3 Å². The summed E-state index contributed by atoms with van der Waals surface area (Å²) in [6.45, 7) is 5.16. The van der Waals surface area contributed by atoms with E-state index in [1.807, 2.05) is 43.3 Å². The van der Waals surface area contributed by atoms with Gasteiger partial charge in [0.25, 0.3) is 5.56 Å². The summed E-state index contributed by atoms with van der Waals surface area (Å²) in [5.41, 5.74) is -0.0574. The zero-order chi connectivity index (χ0) is 19.7. The van der Waals surface area contributed by atoms with Gasteiger partial charge in [0.1, 0.15) is 11.6 Å². The molecule has 1 aromatic heterocycles. The Morgan fingerprint density at radius 1 is 1.22 bits per heavy atom. The second-order valence-corrected chi connectivity index (χ2v) is 6.60. The first kappa shape index (κ1) is 18.4. The van der Waals surface area contributed by atoms with E-state index in [0.29, 0.717) is 12.0 Å². The SMILES string of the molecule is CCC(C)n1c(O)c(C(=O)c2cccc3ccccc23)c(C)c(C#N)c1=O. The van der Waals surface area contributed by atoms with E-state index >= 15 is 0 Å². The molecule has 1 heterocycles.